The van der Waals surface area contributed by atoms with Gasteiger partial charge in [-0.15, -0.1) is 0 Å². The Morgan fingerprint density at radius 2 is 1.52 bits per heavy atom. The zero-order chi connectivity index (χ0) is 31.5. The van der Waals surface area contributed by atoms with Crippen molar-refractivity contribution in [2.45, 2.75) is 76.4 Å². The summed E-state index contributed by atoms with van der Waals surface area (Å²) in [7, 11) is 0. The first-order valence-electron chi connectivity index (χ1n) is 14.8. The van der Waals surface area contributed by atoms with Gasteiger partial charge >= 0.3 is 0 Å². The van der Waals surface area contributed by atoms with E-state index in [0.717, 1.165) is 24.0 Å². The van der Waals surface area contributed by atoms with Crippen molar-refractivity contribution in [2.75, 3.05) is 6.54 Å². The van der Waals surface area contributed by atoms with Crippen LogP contribution in [0.4, 0.5) is 0 Å². The van der Waals surface area contributed by atoms with Gasteiger partial charge in [-0.3, -0.25) is 44.2 Å². The molecule has 4 heterocycles. The molecule has 4 aliphatic rings. The quantitative estimate of drug-likeness (QED) is 0.207. The molecule has 0 saturated carbocycles. The standard InChI is InChI=1S/C32H35N5O7/c1-3-23(21-16-36(31(43)18(21)2)24-12-14-27(39)34-29(24)41)33-26(38)11-6-4-5-8-19-9-7-10-20-22(19)17-37(32(20)44)25-13-15-28(40)35-30(25)42/h3,7,9-10,24-25H,1-2,4-6,8,11-17H2,(H,33,38)(H,34,39,41)(H,35,40,42)/b23-21+. The van der Waals surface area contributed by atoms with Crippen LogP contribution in [-0.4, -0.2) is 69.8 Å². The van der Waals surface area contributed by atoms with Gasteiger partial charge in [0.1, 0.15) is 12.1 Å². The molecule has 5 rings (SSSR count). The van der Waals surface area contributed by atoms with Gasteiger partial charge in [0.25, 0.3) is 11.8 Å². The molecule has 1 aromatic rings. The number of likely N-dealkylation sites (tertiary alicyclic amines) is 1. The topological polar surface area (TPSA) is 162 Å². The number of carbonyl (C=O) groups is 7. The van der Waals surface area contributed by atoms with Gasteiger partial charge in [0.2, 0.25) is 29.5 Å². The highest BCUT2D eigenvalue weighted by Gasteiger charge is 2.41. The number of hydrogen-bond acceptors (Lipinski definition) is 7. The first kappa shape index (κ1) is 30.6. The maximum Gasteiger partial charge on any atom is 0.255 e. The molecule has 2 unspecified atom stereocenters. The molecule has 3 N–H and O–H groups in total. The molecule has 4 aliphatic heterocycles. The van der Waals surface area contributed by atoms with Gasteiger partial charge in [-0.1, -0.05) is 31.7 Å². The van der Waals surface area contributed by atoms with E-state index in [1.54, 1.807) is 11.0 Å². The van der Waals surface area contributed by atoms with Gasteiger partial charge in [0, 0.05) is 54.8 Å². The van der Waals surface area contributed by atoms with E-state index in [9.17, 15) is 33.6 Å². The van der Waals surface area contributed by atoms with E-state index >= 15 is 0 Å². The van der Waals surface area contributed by atoms with E-state index < -0.39 is 29.8 Å². The number of rotatable bonds is 10. The molecule has 230 valence electrons. The molecule has 7 amide bonds. The number of nitrogens with zero attached hydrogens (tertiary/aromatic N) is 2. The highest BCUT2D eigenvalue weighted by molar-refractivity contribution is 6.07. The summed E-state index contributed by atoms with van der Waals surface area (Å²) in [5.41, 5.74) is 3.54. The summed E-state index contributed by atoms with van der Waals surface area (Å²) in [6.45, 7) is 8.03. The molecule has 12 heteroatoms. The van der Waals surface area contributed by atoms with Crippen LogP contribution in [0.2, 0.25) is 0 Å². The number of carbonyl (C=O) groups excluding carboxylic acids is 7. The lowest BCUT2D eigenvalue weighted by Crippen LogP contribution is -2.52. The fraction of sp³-hybridized carbons (Fsp3) is 0.406. The molecule has 2 atom stereocenters. The van der Waals surface area contributed by atoms with Crippen molar-refractivity contribution in [3.8, 4) is 0 Å². The van der Waals surface area contributed by atoms with Crippen molar-refractivity contribution in [2.24, 2.45) is 0 Å². The lowest BCUT2D eigenvalue weighted by atomic mass is 9.98. The van der Waals surface area contributed by atoms with Crippen LogP contribution in [0.15, 0.2) is 54.3 Å². The Balaban J connectivity index is 1.11. The van der Waals surface area contributed by atoms with Crippen LogP contribution in [0.1, 0.15) is 72.9 Å². The molecule has 0 aliphatic carbocycles. The Kier molecular flexibility index (Phi) is 8.88. The van der Waals surface area contributed by atoms with E-state index in [-0.39, 0.29) is 61.4 Å². The third-order valence-corrected chi connectivity index (χ3v) is 8.63. The molecule has 3 fully saturated rings. The van der Waals surface area contributed by atoms with Crippen molar-refractivity contribution in [1.29, 1.82) is 0 Å². The van der Waals surface area contributed by atoms with Gasteiger partial charge in [-0.25, -0.2) is 0 Å². The molecule has 12 nitrogen and oxygen atoms in total. The first-order valence-corrected chi connectivity index (χ1v) is 14.8. The normalized spacial score (nSPS) is 23.0. The van der Waals surface area contributed by atoms with Crippen LogP contribution in [0.3, 0.4) is 0 Å². The van der Waals surface area contributed by atoms with Crippen LogP contribution >= 0.6 is 0 Å². The average molecular weight is 602 g/mol. The maximum atomic E-state index is 13.0. The van der Waals surface area contributed by atoms with E-state index in [2.05, 4.69) is 29.1 Å². The summed E-state index contributed by atoms with van der Waals surface area (Å²) < 4.78 is 0. The Morgan fingerprint density at radius 3 is 2.14 bits per heavy atom. The van der Waals surface area contributed by atoms with Gasteiger partial charge in [-0.05, 0) is 55.4 Å². The summed E-state index contributed by atoms with van der Waals surface area (Å²) >= 11 is 0. The average Bonchev–Trinajstić information content (AvgIpc) is 3.47. The number of piperidine rings is 2. The van der Waals surface area contributed by atoms with Gasteiger partial charge in [0.05, 0.1) is 0 Å². The first-order chi connectivity index (χ1) is 21.1. The molecule has 44 heavy (non-hydrogen) atoms. The summed E-state index contributed by atoms with van der Waals surface area (Å²) in [5.74, 6) is -2.51. The number of amides is 7. The zero-order valence-electron chi connectivity index (χ0n) is 24.4. The van der Waals surface area contributed by atoms with E-state index in [1.165, 1.54) is 11.0 Å². The Labute approximate surface area is 254 Å². The van der Waals surface area contributed by atoms with E-state index in [0.29, 0.717) is 42.6 Å². The smallest absolute Gasteiger partial charge is 0.255 e. The second kappa shape index (κ2) is 12.8. The fourth-order valence-corrected chi connectivity index (χ4v) is 6.24. The minimum absolute atomic E-state index is 0.0798. The summed E-state index contributed by atoms with van der Waals surface area (Å²) in [4.78, 5) is 89.3. The van der Waals surface area contributed by atoms with Crippen molar-refractivity contribution in [1.82, 2.24) is 25.8 Å². The van der Waals surface area contributed by atoms with Crippen molar-refractivity contribution in [3.63, 3.8) is 0 Å². The molecule has 0 spiro atoms. The van der Waals surface area contributed by atoms with Crippen molar-refractivity contribution < 1.29 is 33.6 Å². The molecule has 3 saturated heterocycles. The number of nitrogens with one attached hydrogen (secondary N) is 3. The molecular formula is C32H35N5O7. The van der Waals surface area contributed by atoms with E-state index in [1.807, 2.05) is 12.1 Å². The molecule has 0 radical (unpaired) electrons. The van der Waals surface area contributed by atoms with Crippen LogP contribution in [0.25, 0.3) is 0 Å². The van der Waals surface area contributed by atoms with Crippen LogP contribution in [0.5, 0.6) is 0 Å². The van der Waals surface area contributed by atoms with Gasteiger partial charge in [-0.2, -0.15) is 0 Å². The number of benzene rings is 1. The van der Waals surface area contributed by atoms with Crippen LogP contribution < -0.4 is 16.0 Å². The number of aryl methyl sites for hydroxylation is 1. The molecule has 0 aromatic heterocycles. The Bertz CT molecular complexity index is 1530. The summed E-state index contributed by atoms with van der Waals surface area (Å²) in [6.07, 6.45) is 5.46. The van der Waals surface area contributed by atoms with Crippen LogP contribution in [-0.2, 0) is 41.7 Å². The SMILES string of the molecule is C=C/C(NC(=O)CCCCCc1cccc2c1CN(C1CCC(=O)NC1=O)C2=O)=C1/CN(C2CCC(=O)NC2=O)C(=O)C1=C. The highest BCUT2D eigenvalue weighted by Crippen LogP contribution is 2.31. The number of allylic oxidation sites excluding steroid dienone is 1. The van der Waals surface area contributed by atoms with Gasteiger partial charge < -0.3 is 15.1 Å². The van der Waals surface area contributed by atoms with E-state index in [4.69, 9.17) is 0 Å². The fourth-order valence-electron chi connectivity index (χ4n) is 6.24. The number of unbranched alkanes of at least 4 members (excludes halogenated alkanes) is 2. The maximum absolute atomic E-state index is 13.0. The number of imide groups is 2. The predicted molar refractivity (Wildman–Crippen MR) is 157 cm³/mol. The lowest BCUT2D eigenvalue weighted by Gasteiger charge is -2.29. The van der Waals surface area contributed by atoms with Crippen LogP contribution in [0, 0.1) is 0 Å². The molecular weight excluding hydrogens is 566 g/mol. The van der Waals surface area contributed by atoms with Crippen molar-refractivity contribution in [3.05, 3.63) is 71.0 Å². The minimum atomic E-state index is -0.777. The third kappa shape index (κ3) is 6.10. The summed E-state index contributed by atoms with van der Waals surface area (Å²) in [6, 6.07) is 4.14. The molecule has 1 aromatic carbocycles. The zero-order valence-corrected chi connectivity index (χ0v) is 24.4. The van der Waals surface area contributed by atoms with Crippen molar-refractivity contribution >= 4 is 41.4 Å². The highest BCUT2D eigenvalue weighted by atomic mass is 16.2. The summed E-state index contributed by atoms with van der Waals surface area (Å²) in [5, 5.41) is 7.40. The monoisotopic (exact) mass is 601 g/mol. The third-order valence-electron chi connectivity index (χ3n) is 8.63. The Hall–Kier alpha value is -4.87. The number of fused-ring (bicyclic) bond motifs is 1. The predicted octanol–water partition coefficient (Wildman–Crippen LogP) is 1.31. The second-order valence-electron chi connectivity index (χ2n) is 11.4. The second-order valence-corrected chi connectivity index (χ2v) is 11.4. The largest absolute Gasteiger partial charge is 0.326 e. The number of hydrogen-bond donors (Lipinski definition) is 3. The Morgan fingerprint density at radius 1 is 0.886 bits per heavy atom. The minimum Gasteiger partial charge on any atom is -0.326 e. The lowest BCUT2D eigenvalue weighted by molar-refractivity contribution is -0.142. The molecule has 0 bridgehead atoms. The van der Waals surface area contributed by atoms with Gasteiger partial charge in [0.15, 0.2) is 0 Å².